The number of amides is 1. The molecule has 4 rings (SSSR count). The molecular formula is C27H28N4O2S. The number of aromatic nitrogens is 3. The van der Waals surface area contributed by atoms with E-state index in [1.165, 1.54) is 11.8 Å². The SMILES string of the molecule is Cc1ccccc1OCc1nnc(S[C@H](C)C(=O)Nc2c(C)cccc2C)n1-c1ccccc1. The highest BCUT2D eigenvalue weighted by Crippen LogP contribution is 2.28. The van der Waals surface area contributed by atoms with Gasteiger partial charge in [-0.15, -0.1) is 10.2 Å². The highest BCUT2D eigenvalue weighted by atomic mass is 32.2. The molecule has 174 valence electrons. The second-order valence-electron chi connectivity index (χ2n) is 8.14. The Morgan fingerprint density at radius 2 is 1.56 bits per heavy atom. The Labute approximate surface area is 204 Å². The molecule has 1 atom stereocenters. The summed E-state index contributed by atoms with van der Waals surface area (Å²) in [5.74, 6) is 1.39. The molecule has 1 heterocycles. The largest absolute Gasteiger partial charge is 0.485 e. The lowest BCUT2D eigenvalue weighted by Gasteiger charge is -2.16. The number of anilines is 1. The molecule has 0 aliphatic heterocycles. The van der Waals surface area contributed by atoms with E-state index < -0.39 is 0 Å². The van der Waals surface area contributed by atoms with Gasteiger partial charge in [-0.3, -0.25) is 9.36 Å². The second kappa shape index (κ2) is 10.6. The highest BCUT2D eigenvalue weighted by molar-refractivity contribution is 8.00. The lowest BCUT2D eigenvalue weighted by atomic mass is 10.1. The Balaban J connectivity index is 1.56. The number of carbonyl (C=O) groups excluding carboxylic acids is 1. The van der Waals surface area contributed by atoms with E-state index in [1.54, 1.807) is 0 Å². The average Bonchev–Trinajstić information content (AvgIpc) is 3.23. The van der Waals surface area contributed by atoms with Gasteiger partial charge in [0.2, 0.25) is 5.91 Å². The van der Waals surface area contributed by atoms with Gasteiger partial charge in [-0.25, -0.2) is 0 Å². The molecule has 0 bridgehead atoms. The van der Waals surface area contributed by atoms with E-state index in [4.69, 9.17) is 4.74 Å². The van der Waals surface area contributed by atoms with Crippen LogP contribution < -0.4 is 10.1 Å². The number of hydrogen-bond acceptors (Lipinski definition) is 5. The molecule has 0 unspecified atom stereocenters. The van der Waals surface area contributed by atoms with Gasteiger partial charge in [0.25, 0.3) is 0 Å². The molecule has 0 radical (unpaired) electrons. The number of hydrogen-bond donors (Lipinski definition) is 1. The van der Waals surface area contributed by atoms with E-state index in [-0.39, 0.29) is 17.8 Å². The zero-order chi connectivity index (χ0) is 24.1. The summed E-state index contributed by atoms with van der Waals surface area (Å²) < 4.78 is 7.99. The molecule has 34 heavy (non-hydrogen) atoms. The van der Waals surface area contributed by atoms with Gasteiger partial charge in [0.1, 0.15) is 12.4 Å². The van der Waals surface area contributed by atoms with E-state index in [1.807, 2.05) is 105 Å². The lowest BCUT2D eigenvalue weighted by Crippen LogP contribution is -2.24. The van der Waals surface area contributed by atoms with Crippen LogP contribution in [0.3, 0.4) is 0 Å². The lowest BCUT2D eigenvalue weighted by molar-refractivity contribution is -0.115. The molecule has 0 fully saturated rings. The molecule has 1 N–H and O–H groups in total. The maximum Gasteiger partial charge on any atom is 0.237 e. The van der Waals surface area contributed by atoms with Crippen LogP contribution in [-0.4, -0.2) is 25.9 Å². The van der Waals surface area contributed by atoms with Crippen molar-refractivity contribution in [3.8, 4) is 11.4 Å². The van der Waals surface area contributed by atoms with E-state index in [9.17, 15) is 4.79 Å². The van der Waals surface area contributed by atoms with Gasteiger partial charge in [-0.1, -0.05) is 66.4 Å². The van der Waals surface area contributed by atoms with Crippen molar-refractivity contribution in [3.63, 3.8) is 0 Å². The predicted octanol–water partition coefficient (Wildman–Crippen LogP) is 5.89. The number of nitrogens with one attached hydrogen (secondary N) is 1. The fourth-order valence-electron chi connectivity index (χ4n) is 3.62. The maximum atomic E-state index is 13.0. The molecule has 0 aliphatic carbocycles. The van der Waals surface area contributed by atoms with Crippen molar-refractivity contribution in [3.05, 3.63) is 95.3 Å². The van der Waals surface area contributed by atoms with Crippen molar-refractivity contribution >= 4 is 23.4 Å². The van der Waals surface area contributed by atoms with Crippen LogP contribution >= 0.6 is 11.8 Å². The summed E-state index contributed by atoms with van der Waals surface area (Å²) in [6, 6.07) is 23.7. The summed E-state index contributed by atoms with van der Waals surface area (Å²) >= 11 is 1.37. The number of ether oxygens (including phenoxy) is 1. The number of thioether (sulfide) groups is 1. The zero-order valence-corrected chi connectivity index (χ0v) is 20.6. The zero-order valence-electron chi connectivity index (χ0n) is 19.8. The van der Waals surface area contributed by atoms with Crippen LogP contribution in [0.2, 0.25) is 0 Å². The van der Waals surface area contributed by atoms with Crippen LogP contribution in [-0.2, 0) is 11.4 Å². The van der Waals surface area contributed by atoms with E-state index >= 15 is 0 Å². The number of para-hydroxylation sites is 3. The monoisotopic (exact) mass is 472 g/mol. The fraction of sp³-hybridized carbons (Fsp3) is 0.222. The Bertz CT molecular complexity index is 1270. The smallest absolute Gasteiger partial charge is 0.237 e. The molecule has 0 aliphatic rings. The number of rotatable bonds is 8. The summed E-state index contributed by atoms with van der Waals surface area (Å²) in [6.45, 7) is 8.13. The summed E-state index contributed by atoms with van der Waals surface area (Å²) in [5, 5.41) is 12.1. The first-order valence-electron chi connectivity index (χ1n) is 11.2. The molecule has 7 heteroatoms. The molecule has 0 spiro atoms. The van der Waals surface area contributed by atoms with E-state index in [0.29, 0.717) is 11.0 Å². The Hall–Kier alpha value is -3.58. The minimum atomic E-state index is -0.379. The third-order valence-electron chi connectivity index (χ3n) is 5.55. The summed E-state index contributed by atoms with van der Waals surface area (Å²) in [5.41, 5.74) is 4.90. The van der Waals surface area contributed by atoms with Gasteiger partial charge in [0, 0.05) is 11.4 Å². The molecule has 0 saturated heterocycles. The van der Waals surface area contributed by atoms with Crippen molar-refractivity contribution in [2.45, 2.75) is 44.7 Å². The summed E-state index contributed by atoms with van der Waals surface area (Å²) in [4.78, 5) is 13.0. The highest BCUT2D eigenvalue weighted by Gasteiger charge is 2.22. The molecule has 0 saturated carbocycles. The fourth-order valence-corrected chi connectivity index (χ4v) is 4.50. The van der Waals surface area contributed by atoms with Crippen molar-refractivity contribution in [2.24, 2.45) is 0 Å². The maximum absolute atomic E-state index is 13.0. The predicted molar refractivity (Wildman–Crippen MR) is 137 cm³/mol. The van der Waals surface area contributed by atoms with Gasteiger partial charge in [0.15, 0.2) is 11.0 Å². The number of aryl methyl sites for hydroxylation is 3. The van der Waals surface area contributed by atoms with Crippen LogP contribution in [0.15, 0.2) is 78.0 Å². The van der Waals surface area contributed by atoms with Crippen LogP contribution in [0.4, 0.5) is 5.69 Å². The van der Waals surface area contributed by atoms with Crippen molar-refractivity contribution < 1.29 is 9.53 Å². The van der Waals surface area contributed by atoms with Gasteiger partial charge >= 0.3 is 0 Å². The standard InChI is InChI=1S/C27H28N4O2S/c1-18-11-8-9-16-23(18)33-17-24-29-30-27(31(24)22-14-6-5-7-15-22)34-21(4)26(32)28-25-19(2)12-10-13-20(25)3/h5-16,21H,17H2,1-4H3,(H,28,32)/t21-/m1/s1. The van der Waals surface area contributed by atoms with Crippen LogP contribution in [0.25, 0.3) is 5.69 Å². The second-order valence-corrected chi connectivity index (χ2v) is 9.45. The van der Waals surface area contributed by atoms with Gasteiger partial charge < -0.3 is 10.1 Å². The van der Waals surface area contributed by atoms with Crippen LogP contribution in [0.5, 0.6) is 5.75 Å². The third kappa shape index (κ3) is 5.31. The number of benzene rings is 3. The normalized spacial score (nSPS) is 11.8. The van der Waals surface area contributed by atoms with Crippen molar-refractivity contribution in [2.75, 3.05) is 5.32 Å². The molecule has 6 nitrogen and oxygen atoms in total. The minimum Gasteiger partial charge on any atom is -0.485 e. The van der Waals surface area contributed by atoms with Gasteiger partial charge in [-0.2, -0.15) is 0 Å². The Kier molecular flexibility index (Phi) is 7.33. The molecule has 1 aromatic heterocycles. The van der Waals surface area contributed by atoms with Gasteiger partial charge in [-0.05, 0) is 62.6 Å². The molecular weight excluding hydrogens is 444 g/mol. The van der Waals surface area contributed by atoms with E-state index in [0.717, 1.165) is 33.8 Å². The molecule has 3 aromatic carbocycles. The molecule has 4 aromatic rings. The molecule has 1 amide bonds. The summed E-state index contributed by atoms with van der Waals surface area (Å²) in [6.07, 6.45) is 0. The first kappa shape index (κ1) is 23.6. The minimum absolute atomic E-state index is 0.0808. The van der Waals surface area contributed by atoms with Crippen LogP contribution in [0.1, 0.15) is 29.4 Å². The number of carbonyl (C=O) groups is 1. The van der Waals surface area contributed by atoms with Crippen molar-refractivity contribution in [1.82, 2.24) is 14.8 Å². The van der Waals surface area contributed by atoms with Crippen LogP contribution in [0, 0.1) is 20.8 Å². The van der Waals surface area contributed by atoms with Crippen molar-refractivity contribution in [1.29, 1.82) is 0 Å². The quantitative estimate of drug-likeness (QED) is 0.324. The first-order valence-corrected chi connectivity index (χ1v) is 12.0. The van der Waals surface area contributed by atoms with Gasteiger partial charge in [0.05, 0.1) is 5.25 Å². The summed E-state index contributed by atoms with van der Waals surface area (Å²) in [7, 11) is 0. The number of nitrogens with zero attached hydrogens (tertiary/aromatic N) is 3. The first-order chi connectivity index (χ1) is 16.4. The topological polar surface area (TPSA) is 69.0 Å². The average molecular weight is 473 g/mol. The van der Waals surface area contributed by atoms with E-state index in [2.05, 4.69) is 15.5 Å². The third-order valence-corrected chi connectivity index (χ3v) is 6.59. The Morgan fingerprint density at radius 3 is 2.26 bits per heavy atom. The Morgan fingerprint density at radius 1 is 0.912 bits per heavy atom.